The van der Waals surface area contributed by atoms with E-state index in [9.17, 15) is 4.79 Å². The summed E-state index contributed by atoms with van der Waals surface area (Å²) in [4.78, 5) is 11.9. The lowest BCUT2D eigenvalue weighted by atomic mass is 10.1. The van der Waals surface area contributed by atoms with Crippen molar-refractivity contribution in [3.8, 4) is 0 Å². The smallest absolute Gasteiger partial charge is 0.224 e. The maximum atomic E-state index is 11.9. The first-order valence-electron chi connectivity index (χ1n) is 8.50. The lowest BCUT2D eigenvalue weighted by Crippen LogP contribution is -2.10. The Bertz CT molecular complexity index is 578. The van der Waals surface area contributed by atoms with Crippen molar-refractivity contribution in [3.05, 3.63) is 54.6 Å². The van der Waals surface area contributed by atoms with Crippen LogP contribution in [0.5, 0.6) is 0 Å². The number of nitrogens with one attached hydrogen (secondary N) is 2. The Kier molecular flexibility index (Phi) is 7.18. The summed E-state index contributed by atoms with van der Waals surface area (Å²) in [5, 5.41) is 6.28. The van der Waals surface area contributed by atoms with Gasteiger partial charge in [0, 0.05) is 23.5 Å². The number of rotatable bonds is 9. The Morgan fingerprint density at radius 1 is 0.783 bits per heavy atom. The molecule has 2 aromatic carbocycles. The first kappa shape index (κ1) is 17.1. The first-order valence-corrected chi connectivity index (χ1v) is 8.50. The molecule has 0 saturated heterocycles. The van der Waals surface area contributed by atoms with E-state index in [0.717, 1.165) is 29.9 Å². The summed E-state index contributed by atoms with van der Waals surface area (Å²) in [5.74, 6) is 0.102. The van der Waals surface area contributed by atoms with E-state index < -0.39 is 0 Å². The van der Waals surface area contributed by atoms with E-state index in [1.807, 2.05) is 54.6 Å². The summed E-state index contributed by atoms with van der Waals surface area (Å²) < 4.78 is 0. The number of amides is 1. The molecule has 23 heavy (non-hydrogen) atoms. The minimum absolute atomic E-state index is 0.102. The van der Waals surface area contributed by atoms with Crippen LogP contribution in [-0.2, 0) is 4.79 Å². The van der Waals surface area contributed by atoms with Crippen LogP contribution in [-0.4, -0.2) is 5.91 Å². The highest BCUT2D eigenvalue weighted by molar-refractivity contribution is 5.90. The molecular formula is C20H26N2O. The summed E-state index contributed by atoms with van der Waals surface area (Å²) in [6.07, 6.45) is 6.44. The van der Waals surface area contributed by atoms with E-state index in [1.54, 1.807) is 0 Å². The molecule has 0 spiro atoms. The van der Waals surface area contributed by atoms with Crippen LogP contribution in [0.3, 0.4) is 0 Å². The number of hydrogen-bond donors (Lipinski definition) is 2. The molecule has 2 aromatic rings. The molecule has 0 aromatic heterocycles. The maximum Gasteiger partial charge on any atom is 0.224 e. The van der Waals surface area contributed by atoms with Crippen molar-refractivity contribution in [1.82, 2.24) is 0 Å². The Balaban J connectivity index is 1.75. The van der Waals surface area contributed by atoms with Gasteiger partial charge < -0.3 is 10.6 Å². The van der Waals surface area contributed by atoms with Gasteiger partial charge in [-0.15, -0.1) is 0 Å². The number of anilines is 3. The Hall–Kier alpha value is -2.29. The normalized spacial score (nSPS) is 10.3. The second-order valence-electron chi connectivity index (χ2n) is 5.78. The molecule has 122 valence electrons. The van der Waals surface area contributed by atoms with Crippen LogP contribution in [0.1, 0.15) is 45.4 Å². The van der Waals surface area contributed by atoms with Crippen LogP contribution in [0.15, 0.2) is 54.6 Å². The topological polar surface area (TPSA) is 41.1 Å². The van der Waals surface area contributed by atoms with Crippen molar-refractivity contribution in [2.45, 2.75) is 45.4 Å². The van der Waals surface area contributed by atoms with Gasteiger partial charge in [0.25, 0.3) is 0 Å². The van der Waals surface area contributed by atoms with Crippen LogP contribution < -0.4 is 10.6 Å². The van der Waals surface area contributed by atoms with Gasteiger partial charge in [0.15, 0.2) is 0 Å². The summed E-state index contributed by atoms with van der Waals surface area (Å²) in [7, 11) is 0. The molecule has 3 nitrogen and oxygen atoms in total. The van der Waals surface area contributed by atoms with Crippen LogP contribution in [0.2, 0.25) is 0 Å². The summed E-state index contributed by atoms with van der Waals surface area (Å²) in [6.45, 7) is 2.20. The van der Waals surface area contributed by atoms with Crippen LogP contribution >= 0.6 is 0 Å². The molecule has 0 fully saturated rings. The van der Waals surface area contributed by atoms with Crippen molar-refractivity contribution < 1.29 is 4.79 Å². The van der Waals surface area contributed by atoms with Crippen molar-refractivity contribution in [3.63, 3.8) is 0 Å². The van der Waals surface area contributed by atoms with Crippen LogP contribution in [0.25, 0.3) is 0 Å². The standard InChI is InChI=1S/C20H26N2O/c1-2-3-4-5-9-12-20(23)22-19-15-13-18(14-16-19)21-17-10-7-6-8-11-17/h6-8,10-11,13-16,21H,2-5,9,12H2,1H3,(H,22,23). The van der Waals surface area contributed by atoms with Gasteiger partial charge in [-0.1, -0.05) is 50.8 Å². The van der Waals surface area contributed by atoms with Crippen molar-refractivity contribution in [2.75, 3.05) is 10.6 Å². The van der Waals surface area contributed by atoms with Crippen molar-refractivity contribution in [2.24, 2.45) is 0 Å². The van der Waals surface area contributed by atoms with Crippen LogP contribution in [0.4, 0.5) is 17.1 Å². The third-order valence-corrected chi connectivity index (χ3v) is 3.74. The zero-order valence-corrected chi connectivity index (χ0v) is 13.8. The van der Waals surface area contributed by atoms with Gasteiger partial charge >= 0.3 is 0 Å². The second kappa shape index (κ2) is 9.67. The summed E-state index contributed by atoms with van der Waals surface area (Å²) >= 11 is 0. The molecule has 1 amide bonds. The molecular weight excluding hydrogens is 284 g/mol. The lowest BCUT2D eigenvalue weighted by molar-refractivity contribution is -0.116. The number of carbonyl (C=O) groups excluding carboxylic acids is 1. The first-order chi connectivity index (χ1) is 11.3. The van der Waals surface area contributed by atoms with E-state index >= 15 is 0 Å². The molecule has 0 atom stereocenters. The number of carbonyl (C=O) groups is 1. The van der Waals surface area contributed by atoms with Gasteiger partial charge in [-0.3, -0.25) is 4.79 Å². The maximum absolute atomic E-state index is 11.9. The molecule has 0 bridgehead atoms. The molecule has 0 radical (unpaired) electrons. The molecule has 3 heteroatoms. The average molecular weight is 310 g/mol. The highest BCUT2D eigenvalue weighted by atomic mass is 16.1. The Labute approximate surface area is 139 Å². The van der Waals surface area contributed by atoms with Crippen molar-refractivity contribution in [1.29, 1.82) is 0 Å². The van der Waals surface area contributed by atoms with Gasteiger partial charge in [-0.05, 0) is 42.8 Å². The summed E-state index contributed by atoms with van der Waals surface area (Å²) in [5.41, 5.74) is 2.91. The monoisotopic (exact) mass is 310 g/mol. The minimum Gasteiger partial charge on any atom is -0.356 e. The van der Waals surface area contributed by atoms with E-state index in [0.29, 0.717) is 6.42 Å². The third-order valence-electron chi connectivity index (χ3n) is 3.74. The number of benzene rings is 2. The fraction of sp³-hybridized carbons (Fsp3) is 0.350. The molecule has 0 unspecified atom stereocenters. The molecule has 0 saturated carbocycles. The Morgan fingerprint density at radius 3 is 2.09 bits per heavy atom. The zero-order chi connectivity index (χ0) is 16.3. The minimum atomic E-state index is 0.102. The van der Waals surface area contributed by atoms with Gasteiger partial charge in [0.1, 0.15) is 0 Å². The molecule has 0 aliphatic carbocycles. The molecule has 2 rings (SSSR count). The summed E-state index contributed by atoms with van der Waals surface area (Å²) in [6, 6.07) is 17.8. The third kappa shape index (κ3) is 6.55. The molecule has 2 N–H and O–H groups in total. The highest BCUT2D eigenvalue weighted by Crippen LogP contribution is 2.19. The van der Waals surface area contributed by atoms with E-state index in [2.05, 4.69) is 17.6 Å². The average Bonchev–Trinajstić information content (AvgIpc) is 2.57. The molecule has 0 aliphatic heterocycles. The van der Waals surface area contributed by atoms with Gasteiger partial charge in [-0.2, -0.15) is 0 Å². The van der Waals surface area contributed by atoms with E-state index in [1.165, 1.54) is 19.3 Å². The van der Waals surface area contributed by atoms with E-state index in [-0.39, 0.29) is 5.91 Å². The predicted octanol–water partition coefficient (Wildman–Crippen LogP) is 5.73. The molecule has 0 heterocycles. The lowest BCUT2D eigenvalue weighted by Gasteiger charge is -2.08. The number of para-hydroxylation sites is 1. The van der Waals surface area contributed by atoms with Gasteiger partial charge in [0.2, 0.25) is 5.91 Å². The number of unbranched alkanes of at least 4 members (excludes halogenated alkanes) is 4. The van der Waals surface area contributed by atoms with E-state index in [4.69, 9.17) is 0 Å². The highest BCUT2D eigenvalue weighted by Gasteiger charge is 2.02. The van der Waals surface area contributed by atoms with Crippen molar-refractivity contribution >= 4 is 23.0 Å². The van der Waals surface area contributed by atoms with Gasteiger partial charge in [0.05, 0.1) is 0 Å². The fourth-order valence-corrected chi connectivity index (χ4v) is 2.44. The molecule has 0 aliphatic rings. The predicted molar refractivity (Wildman–Crippen MR) is 98.2 cm³/mol. The number of hydrogen-bond acceptors (Lipinski definition) is 2. The SMILES string of the molecule is CCCCCCCC(=O)Nc1ccc(Nc2ccccc2)cc1. The fourth-order valence-electron chi connectivity index (χ4n) is 2.44. The zero-order valence-electron chi connectivity index (χ0n) is 13.8. The second-order valence-corrected chi connectivity index (χ2v) is 5.78. The van der Waals surface area contributed by atoms with Gasteiger partial charge in [-0.25, -0.2) is 0 Å². The van der Waals surface area contributed by atoms with Crippen LogP contribution in [0, 0.1) is 0 Å². The largest absolute Gasteiger partial charge is 0.356 e. The Morgan fingerprint density at radius 2 is 1.39 bits per heavy atom. The quantitative estimate of drug-likeness (QED) is 0.581.